The summed E-state index contributed by atoms with van der Waals surface area (Å²) in [4.78, 5) is 11.4. The van der Waals surface area contributed by atoms with Gasteiger partial charge in [0.05, 0.1) is 12.7 Å². The molecule has 0 aromatic carbocycles. The third kappa shape index (κ3) is 3.44. The summed E-state index contributed by atoms with van der Waals surface area (Å²) < 4.78 is 0. The Bertz CT molecular complexity index is 223. The summed E-state index contributed by atoms with van der Waals surface area (Å²) in [6.07, 6.45) is 1.99. The summed E-state index contributed by atoms with van der Waals surface area (Å²) >= 11 is 0. The molecule has 5 nitrogen and oxygen atoms in total. The number of carbonyl (C=O) groups excluding carboxylic acids is 1. The van der Waals surface area contributed by atoms with Gasteiger partial charge in [-0.2, -0.15) is 0 Å². The Balaban J connectivity index is 2.36. The third-order valence-electron chi connectivity index (χ3n) is 3.03. The molecular weight excluding hydrogens is 196 g/mol. The summed E-state index contributed by atoms with van der Waals surface area (Å²) in [5.41, 5.74) is 5.37. The van der Waals surface area contributed by atoms with E-state index < -0.39 is 6.04 Å². The number of carbonyl (C=O) groups is 1. The van der Waals surface area contributed by atoms with Crippen LogP contribution in [-0.4, -0.2) is 40.9 Å². The maximum Gasteiger partial charge on any atom is 0.239 e. The highest BCUT2D eigenvalue weighted by Gasteiger charge is 2.27. The van der Waals surface area contributed by atoms with Crippen LogP contribution in [0.1, 0.15) is 26.2 Å². The van der Waals surface area contributed by atoms with Crippen molar-refractivity contribution in [2.75, 3.05) is 6.61 Å². The Morgan fingerprint density at radius 2 is 2.27 bits per heavy atom. The predicted molar refractivity (Wildman–Crippen MR) is 56.0 cm³/mol. The highest BCUT2D eigenvalue weighted by molar-refractivity contribution is 5.81. The average molecular weight is 216 g/mol. The Kier molecular flexibility index (Phi) is 4.50. The van der Waals surface area contributed by atoms with E-state index in [1.807, 2.05) is 6.92 Å². The van der Waals surface area contributed by atoms with Crippen molar-refractivity contribution in [3.63, 3.8) is 0 Å². The normalized spacial score (nSPS) is 33.5. The molecule has 1 fully saturated rings. The van der Waals surface area contributed by atoms with Crippen molar-refractivity contribution in [1.82, 2.24) is 5.32 Å². The highest BCUT2D eigenvalue weighted by atomic mass is 16.3. The van der Waals surface area contributed by atoms with E-state index in [9.17, 15) is 9.90 Å². The molecule has 0 spiro atoms. The van der Waals surface area contributed by atoms with Gasteiger partial charge in [0.1, 0.15) is 6.04 Å². The first-order valence-electron chi connectivity index (χ1n) is 5.39. The van der Waals surface area contributed by atoms with Gasteiger partial charge >= 0.3 is 0 Å². The van der Waals surface area contributed by atoms with E-state index in [0.717, 1.165) is 12.8 Å². The van der Waals surface area contributed by atoms with Gasteiger partial charge in [0.15, 0.2) is 0 Å². The number of hydrogen-bond acceptors (Lipinski definition) is 4. The second-order valence-corrected chi connectivity index (χ2v) is 4.35. The highest BCUT2D eigenvalue weighted by Crippen LogP contribution is 2.24. The van der Waals surface area contributed by atoms with Crippen molar-refractivity contribution in [2.45, 2.75) is 44.4 Å². The predicted octanol–water partition coefficient (Wildman–Crippen LogP) is -1.03. The molecule has 0 unspecified atom stereocenters. The first kappa shape index (κ1) is 12.4. The first-order chi connectivity index (χ1) is 7.04. The molecular formula is C10H20N2O3. The zero-order valence-electron chi connectivity index (χ0n) is 9.02. The van der Waals surface area contributed by atoms with Gasteiger partial charge in [-0.05, 0) is 25.2 Å². The molecule has 1 saturated carbocycles. The topological polar surface area (TPSA) is 95.6 Å². The molecule has 1 aliphatic carbocycles. The number of nitrogens with one attached hydrogen (secondary N) is 1. The molecule has 5 N–H and O–H groups in total. The molecule has 1 amide bonds. The fourth-order valence-electron chi connectivity index (χ4n) is 1.82. The monoisotopic (exact) mass is 216 g/mol. The summed E-state index contributed by atoms with van der Waals surface area (Å²) in [6, 6.07) is -0.872. The van der Waals surface area contributed by atoms with Gasteiger partial charge in [-0.1, -0.05) is 6.92 Å². The molecule has 0 saturated heterocycles. The van der Waals surface area contributed by atoms with Crippen molar-refractivity contribution in [2.24, 2.45) is 11.7 Å². The van der Waals surface area contributed by atoms with Gasteiger partial charge in [0.25, 0.3) is 0 Å². The zero-order chi connectivity index (χ0) is 11.4. The molecule has 0 aliphatic heterocycles. The summed E-state index contributed by atoms with van der Waals surface area (Å²) in [5.74, 6) is -0.0473. The lowest BCUT2D eigenvalue weighted by atomic mass is 9.85. The third-order valence-corrected chi connectivity index (χ3v) is 3.03. The molecule has 15 heavy (non-hydrogen) atoms. The van der Waals surface area contributed by atoms with E-state index in [4.69, 9.17) is 10.8 Å². The molecule has 4 atom stereocenters. The number of aliphatic hydroxyl groups is 2. The van der Waals surface area contributed by atoms with Gasteiger partial charge in [-0.3, -0.25) is 4.79 Å². The van der Waals surface area contributed by atoms with E-state index in [1.165, 1.54) is 0 Å². The Labute approximate surface area is 89.7 Å². The van der Waals surface area contributed by atoms with E-state index >= 15 is 0 Å². The summed E-state index contributed by atoms with van der Waals surface area (Å²) in [7, 11) is 0. The maximum atomic E-state index is 11.4. The van der Waals surface area contributed by atoms with Crippen LogP contribution in [0.2, 0.25) is 0 Å². The fourth-order valence-corrected chi connectivity index (χ4v) is 1.82. The minimum absolute atomic E-state index is 0.0127. The molecule has 1 aliphatic rings. The van der Waals surface area contributed by atoms with Crippen molar-refractivity contribution < 1.29 is 15.0 Å². The largest absolute Gasteiger partial charge is 0.394 e. The standard InChI is InChI=1S/C10H20N2O3/c1-6-2-3-7(4-9(6)14)12-10(15)8(11)5-13/h6-9,13-14H,2-5,11H2,1H3,(H,12,15)/t6-,7-,8-,9-/m1/s1. The van der Waals surface area contributed by atoms with Crippen LogP contribution >= 0.6 is 0 Å². The fraction of sp³-hybridized carbons (Fsp3) is 0.900. The van der Waals surface area contributed by atoms with Gasteiger partial charge in [0.2, 0.25) is 5.91 Å². The molecule has 88 valence electrons. The quantitative estimate of drug-likeness (QED) is 0.485. The maximum absolute atomic E-state index is 11.4. The SMILES string of the molecule is C[C@@H]1CC[C@@H](NC(=O)[C@H](N)CO)C[C@H]1O. The first-order valence-corrected chi connectivity index (χ1v) is 5.39. The van der Waals surface area contributed by atoms with Crippen LogP contribution in [0.4, 0.5) is 0 Å². The lowest BCUT2D eigenvalue weighted by molar-refractivity contribution is -0.124. The Morgan fingerprint density at radius 1 is 1.60 bits per heavy atom. The molecule has 0 heterocycles. The van der Waals surface area contributed by atoms with E-state index in [0.29, 0.717) is 12.3 Å². The minimum Gasteiger partial charge on any atom is -0.394 e. The van der Waals surface area contributed by atoms with Gasteiger partial charge in [-0.15, -0.1) is 0 Å². The zero-order valence-corrected chi connectivity index (χ0v) is 9.02. The van der Waals surface area contributed by atoms with Gasteiger partial charge in [-0.25, -0.2) is 0 Å². The van der Waals surface area contributed by atoms with E-state index in [2.05, 4.69) is 5.32 Å². The molecule has 0 radical (unpaired) electrons. The van der Waals surface area contributed by atoms with E-state index in [1.54, 1.807) is 0 Å². The second-order valence-electron chi connectivity index (χ2n) is 4.35. The molecule has 0 aromatic rings. The number of rotatable bonds is 3. The van der Waals surface area contributed by atoms with Crippen LogP contribution in [0.15, 0.2) is 0 Å². The molecule has 0 bridgehead atoms. The van der Waals surface area contributed by atoms with Crippen LogP contribution in [0, 0.1) is 5.92 Å². The van der Waals surface area contributed by atoms with Gasteiger partial charge < -0.3 is 21.3 Å². The van der Waals surface area contributed by atoms with Crippen LogP contribution < -0.4 is 11.1 Å². The van der Waals surface area contributed by atoms with E-state index in [-0.39, 0.29) is 24.7 Å². The van der Waals surface area contributed by atoms with Crippen molar-refractivity contribution >= 4 is 5.91 Å². The number of hydrogen-bond donors (Lipinski definition) is 4. The number of aliphatic hydroxyl groups excluding tert-OH is 2. The Morgan fingerprint density at radius 3 is 2.80 bits per heavy atom. The average Bonchev–Trinajstić information content (AvgIpc) is 2.22. The lowest BCUT2D eigenvalue weighted by Gasteiger charge is -2.31. The number of amides is 1. The van der Waals surface area contributed by atoms with Crippen LogP contribution in [0.5, 0.6) is 0 Å². The van der Waals surface area contributed by atoms with Crippen molar-refractivity contribution in [3.8, 4) is 0 Å². The molecule has 1 rings (SSSR count). The molecule has 5 heteroatoms. The summed E-state index contributed by atoms with van der Waals surface area (Å²) in [6.45, 7) is 1.65. The summed E-state index contributed by atoms with van der Waals surface area (Å²) in [5, 5.41) is 21.1. The van der Waals surface area contributed by atoms with Crippen molar-refractivity contribution in [3.05, 3.63) is 0 Å². The lowest BCUT2D eigenvalue weighted by Crippen LogP contribution is -2.49. The van der Waals surface area contributed by atoms with Crippen molar-refractivity contribution in [1.29, 1.82) is 0 Å². The second kappa shape index (κ2) is 5.44. The smallest absolute Gasteiger partial charge is 0.239 e. The number of nitrogens with two attached hydrogens (primary N) is 1. The van der Waals surface area contributed by atoms with Crippen LogP contribution in [-0.2, 0) is 4.79 Å². The van der Waals surface area contributed by atoms with Crippen LogP contribution in [0.25, 0.3) is 0 Å². The Hall–Kier alpha value is -0.650. The molecule has 0 aromatic heterocycles. The minimum atomic E-state index is -0.860. The van der Waals surface area contributed by atoms with Gasteiger partial charge in [0, 0.05) is 6.04 Å². The van der Waals surface area contributed by atoms with Crippen LogP contribution in [0.3, 0.4) is 0 Å².